The Morgan fingerprint density at radius 1 is 0.340 bits per heavy atom. The number of aromatic nitrogens is 1. The lowest BCUT2D eigenvalue weighted by Crippen LogP contribution is -2.10. The molecule has 0 aliphatic rings. The molecule has 53 heavy (non-hydrogen) atoms. The lowest BCUT2D eigenvalue weighted by molar-refractivity contribution is 0.669. The van der Waals surface area contributed by atoms with E-state index >= 15 is 0 Å². The quantitative estimate of drug-likeness (QED) is 0.169. The summed E-state index contributed by atoms with van der Waals surface area (Å²) < 4.78 is 8.61. The molecule has 0 spiro atoms. The molecule has 0 amide bonds. The lowest BCUT2D eigenvalue weighted by atomic mass is 10.0. The highest BCUT2D eigenvalue weighted by Gasteiger charge is 2.18. The second kappa shape index (κ2) is 11.7. The highest BCUT2D eigenvalue weighted by atomic mass is 16.3. The summed E-state index contributed by atoms with van der Waals surface area (Å²) in [6.07, 6.45) is 0. The Kier molecular flexibility index (Phi) is 6.55. The molecule has 11 aromatic rings. The minimum absolute atomic E-state index is 0.903. The third-order valence-electron chi connectivity index (χ3n) is 10.8. The molecule has 3 heteroatoms. The van der Waals surface area contributed by atoms with Crippen molar-refractivity contribution in [3.63, 3.8) is 0 Å². The third kappa shape index (κ3) is 4.75. The van der Waals surface area contributed by atoms with Gasteiger partial charge < -0.3 is 13.9 Å². The van der Waals surface area contributed by atoms with Crippen LogP contribution in [0.3, 0.4) is 0 Å². The van der Waals surface area contributed by atoms with Gasteiger partial charge in [-0.3, -0.25) is 0 Å². The van der Waals surface area contributed by atoms with Gasteiger partial charge >= 0.3 is 0 Å². The summed E-state index contributed by atoms with van der Waals surface area (Å²) in [5.74, 6) is 0. The highest BCUT2D eigenvalue weighted by Crippen LogP contribution is 2.42. The SMILES string of the molecule is c1ccc(-n2c3ccccc3c3cc(N(c4ccc(-c5ccc6c(c5)oc5ccccc56)cc4)c4ccc5ccc6ccccc6c5c4)ccc32)cc1. The molecule has 2 heterocycles. The summed E-state index contributed by atoms with van der Waals surface area (Å²) in [6.45, 7) is 0. The molecule has 0 N–H and O–H groups in total. The molecule has 9 aromatic carbocycles. The van der Waals surface area contributed by atoms with Crippen molar-refractivity contribution in [2.24, 2.45) is 0 Å². The maximum absolute atomic E-state index is 6.24. The van der Waals surface area contributed by atoms with Crippen molar-refractivity contribution in [1.82, 2.24) is 4.57 Å². The number of benzene rings is 9. The maximum atomic E-state index is 6.24. The second-order valence-electron chi connectivity index (χ2n) is 13.8. The van der Waals surface area contributed by atoms with Gasteiger partial charge in [0, 0.05) is 44.3 Å². The van der Waals surface area contributed by atoms with E-state index in [1.54, 1.807) is 0 Å². The molecule has 3 nitrogen and oxygen atoms in total. The molecule has 0 saturated carbocycles. The normalized spacial score (nSPS) is 11.8. The molecule has 0 bridgehead atoms. The molecule has 0 unspecified atom stereocenters. The number of anilines is 3. The van der Waals surface area contributed by atoms with Gasteiger partial charge in [0.05, 0.1) is 11.0 Å². The lowest BCUT2D eigenvalue weighted by Gasteiger charge is -2.26. The fourth-order valence-corrected chi connectivity index (χ4v) is 8.24. The Morgan fingerprint density at radius 3 is 1.77 bits per heavy atom. The smallest absolute Gasteiger partial charge is 0.136 e. The largest absolute Gasteiger partial charge is 0.456 e. The van der Waals surface area contributed by atoms with Gasteiger partial charge in [-0.05, 0) is 112 Å². The van der Waals surface area contributed by atoms with E-state index < -0.39 is 0 Å². The predicted octanol–water partition coefficient (Wildman–Crippen LogP) is 14.1. The Labute approximate surface area is 306 Å². The van der Waals surface area contributed by atoms with E-state index in [0.717, 1.165) is 55.8 Å². The first-order valence-corrected chi connectivity index (χ1v) is 18.1. The predicted molar refractivity (Wildman–Crippen MR) is 223 cm³/mol. The van der Waals surface area contributed by atoms with Crippen LogP contribution in [0, 0.1) is 0 Å². The van der Waals surface area contributed by atoms with Gasteiger partial charge in [0.1, 0.15) is 11.2 Å². The van der Waals surface area contributed by atoms with Crippen LogP contribution in [0.1, 0.15) is 0 Å². The molecule has 0 atom stereocenters. The first-order valence-electron chi connectivity index (χ1n) is 18.1. The van der Waals surface area contributed by atoms with Crippen molar-refractivity contribution in [3.05, 3.63) is 194 Å². The molecule has 248 valence electrons. The molecule has 2 aromatic heterocycles. The summed E-state index contributed by atoms with van der Waals surface area (Å²) in [5, 5.41) is 9.69. The van der Waals surface area contributed by atoms with E-state index in [1.807, 2.05) is 12.1 Å². The van der Waals surface area contributed by atoms with E-state index in [9.17, 15) is 0 Å². The van der Waals surface area contributed by atoms with Crippen LogP contribution in [0.25, 0.3) is 82.1 Å². The zero-order chi connectivity index (χ0) is 34.9. The van der Waals surface area contributed by atoms with E-state index in [4.69, 9.17) is 4.42 Å². The number of hydrogen-bond acceptors (Lipinski definition) is 2. The Bertz CT molecular complexity index is 3170. The standard InChI is InChI=1S/C50H32N2O/c1-2-11-37(12-3-1)52-47-16-8-6-14-42(47)46-32-40(27-29-48(46)52)51(39-26-22-35-19-18-34-10-4-5-13-41(34)45(35)31-39)38-24-20-33(21-25-38)36-23-28-44-43-15-7-9-17-49(43)53-50(44)30-36/h1-32H. The van der Waals surface area contributed by atoms with Crippen molar-refractivity contribution in [1.29, 1.82) is 0 Å². The van der Waals surface area contributed by atoms with Crippen LogP contribution in [0.4, 0.5) is 17.1 Å². The number of nitrogens with zero attached hydrogens (tertiary/aromatic N) is 2. The molecule has 0 saturated heterocycles. The third-order valence-corrected chi connectivity index (χ3v) is 10.8. The van der Waals surface area contributed by atoms with Gasteiger partial charge in [-0.2, -0.15) is 0 Å². The highest BCUT2D eigenvalue weighted by molar-refractivity contribution is 6.12. The maximum Gasteiger partial charge on any atom is 0.136 e. The van der Waals surface area contributed by atoms with Gasteiger partial charge in [0.25, 0.3) is 0 Å². The number of hydrogen-bond donors (Lipinski definition) is 0. The van der Waals surface area contributed by atoms with Crippen molar-refractivity contribution in [3.8, 4) is 16.8 Å². The van der Waals surface area contributed by atoms with Crippen molar-refractivity contribution in [2.75, 3.05) is 4.90 Å². The van der Waals surface area contributed by atoms with E-state index in [1.165, 1.54) is 43.4 Å². The molecule has 0 radical (unpaired) electrons. The molecular formula is C50H32N2O. The average Bonchev–Trinajstić information content (AvgIpc) is 3.76. The molecule has 11 rings (SSSR count). The minimum Gasteiger partial charge on any atom is -0.456 e. The van der Waals surface area contributed by atoms with Gasteiger partial charge in [0.2, 0.25) is 0 Å². The Balaban J connectivity index is 1.09. The summed E-state index contributed by atoms with van der Waals surface area (Å²) in [4.78, 5) is 2.39. The Morgan fingerprint density at radius 2 is 0.925 bits per heavy atom. The minimum atomic E-state index is 0.903. The van der Waals surface area contributed by atoms with Crippen LogP contribution in [0.5, 0.6) is 0 Å². The van der Waals surface area contributed by atoms with Crippen molar-refractivity contribution >= 4 is 82.4 Å². The van der Waals surface area contributed by atoms with Crippen molar-refractivity contribution < 1.29 is 4.42 Å². The van der Waals surface area contributed by atoms with Crippen LogP contribution in [0.15, 0.2) is 199 Å². The molecule has 0 aliphatic carbocycles. The van der Waals surface area contributed by atoms with Gasteiger partial charge in [-0.15, -0.1) is 0 Å². The zero-order valence-corrected chi connectivity index (χ0v) is 28.8. The van der Waals surface area contributed by atoms with Crippen LogP contribution < -0.4 is 4.90 Å². The number of rotatable bonds is 5. The number of para-hydroxylation sites is 3. The number of fused-ring (bicyclic) bond motifs is 9. The van der Waals surface area contributed by atoms with E-state index in [2.05, 4.69) is 191 Å². The van der Waals surface area contributed by atoms with Crippen molar-refractivity contribution in [2.45, 2.75) is 0 Å². The summed E-state index contributed by atoms with van der Waals surface area (Å²) in [6, 6.07) is 69.9. The van der Waals surface area contributed by atoms with E-state index in [-0.39, 0.29) is 0 Å². The first kappa shape index (κ1) is 29.6. The van der Waals surface area contributed by atoms with Gasteiger partial charge in [-0.25, -0.2) is 0 Å². The topological polar surface area (TPSA) is 21.3 Å². The summed E-state index contributed by atoms with van der Waals surface area (Å²) >= 11 is 0. The molecule has 0 fully saturated rings. The Hall–Kier alpha value is -7.10. The molecule has 0 aliphatic heterocycles. The monoisotopic (exact) mass is 676 g/mol. The van der Waals surface area contributed by atoms with Crippen LogP contribution >= 0.6 is 0 Å². The first-order chi connectivity index (χ1) is 26.3. The van der Waals surface area contributed by atoms with Crippen LogP contribution in [0.2, 0.25) is 0 Å². The van der Waals surface area contributed by atoms with Crippen LogP contribution in [-0.4, -0.2) is 4.57 Å². The number of furan rings is 1. The fourth-order valence-electron chi connectivity index (χ4n) is 8.24. The van der Waals surface area contributed by atoms with E-state index in [0.29, 0.717) is 0 Å². The van der Waals surface area contributed by atoms with Gasteiger partial charge in [-0.1, -0.05) is 115 Å². The fraction of sp³-hybridized carbons (Fsp3) is 0. The average molecular weight is 677 g/mol. The second-order valence-corrected chi connectivity index (χ2v) is 13.8. The van der Waals surface area contributed by atoms with Crippen LogP contribution in [-0.2, 0) is 0 Å². The van der Waals surface area contributed by atoms with Gasteiger partial charge in [0.15, 0.2) is 0 Å². The summed E-state index contributed by atoms with van der Waals surface area (Å²) in [5.41, 5.74) is 10.9. The summed E-state index contributed by atoms with van der Waals surface area (Å²) in [7, 11) is 0. The zero-order valence-electron chi connectivity index (χ0n) is 28.8. The molecular weight excluding hydrogens is 645 g/mol.